The molecule has 0 bridgehead atoms. The highest BCUT2D eigenvalue weighted by molar-refractivity contribution is 7.85. The van der Waals surface area contributed by atoms with Crippen LogP contribution in [-0.4, -0.2) is 96.0 Å². The van der Waals surface area contributed by atoms with E-state index in [1.54, 1.807) is 0 Å². The van der Waals surface area contributed by atoms with Gasteiger partial charge in [-0.25, -0.2) is 0 Å². The number of allylic oxidation sites excluding steroid dienone is 14. The number of carbonyl (C=O) groups is 2. The Morgan fingerprint density at radius 2 is 1.00 bits per heavy atom. The first-order valence-electron chi connectivity index (χ1n) is 24.6. The Hall–Kier alpha value is -3.17. The monoisotopic (exact) mass is 935 g/mol. The molecular formula is C52H86O12S. The van der Waals surface area contributed by atoms with E-state index in [-0.39, 0.29) is 19.4 Å². The molecule has 6 unspecified atom stereocenters. The van der Waals surface area contributed by atoms with Gasteiger partial charge in [0, 0.05) is 12.8 Å². The van der Waals surface area contributed by atoms with Crippen LogP contribution in [0.4, 0.5) is 0 Å². The predicted octanol–water partition coefficient (Wildman–Crippen LogP) is 10.8. The fraction of sp³-hybridized carbons (Fsp3) is 0.692. The van der Waals surface area contributed by atoms with E-state index < -0.39 is 71.2 Å². The van der Waals surface area contributed by atoms with E-state index in [9.17, 15) is 37.9 Å². The number of aliphatic hydroxyl groups is 3. The van der Waals surface area contributed by atoms with Crippen LogP contribution < -0.4 is 0 Å². The van der Waals surface area contributed by atoms with Gasteiger partial charge in [0.25, 0.3) is 10.1 Å². The number of hydrogen-bond acceptors (Lipinski definition) is 11. The maximum Gasteiger partial charge on any atom is 0.306 e. The van der Waals surface area contributed by atoms with Crippen LogP contribution in [-0.2, 0) is 38.7 Å². The fourth-order valence-electron chi connectivity index (χ4n) is 6.93. The van der Waals surface area contributed by atoms with E-state index in [1.165, 1.54) is 64.2 Å². The SMILES string of the molecule is CC/C=C\C/C=C\C/C=C\C/C=C\C/C=C\C/C=C\CCC(=O)OC(COC(=O)CCCCCCCCC/C=C\CCCCCCCCC)COC1OC(CS(=O)(=O)O)C(O)C(O)C1O. The van der Waals surface area contributed by atoms with Crippen molar-refractivity contribution in [2.45, 2.75) is 211 Å². The Morgan fingerprint density at radius 1 is 0.538 bits per heavy atom. The Morgan fingerprint density at radius 3 is 1.51 bits per heavy atom. The summed E-state index contributed by atoms with van der Waals surface area (Å²) in [5.74, 6) is -2.11. The zero-order valence-corrected chi connectivity index (χ0v) is 40.6. The minimum absolute atomic E-state index is 0.0342. The topological polar surface area (TPSA) is 186 Å². The predicted molar refractivity (Wildman–Crippen MR) is 261 cm³/mol. The first-order valence-corrected chi connectivity index (χ1v) is 26.3. The van der Waals surface area contributed by atoms with Gasteiger partial charge in [0.2, 0.25) is 0 Å². The molecule has 1 fully saturated rings. The highest BCUT2D eigenvalue weighted by Gasteiger charge is 2.46. The van der Waals surface area contributed by atoms with Crippen molar-refractivity contribution >= 4 is 22.1 Å². The molecule has 0 saturated carbocycles. The Labute approximate surface area is 392 Å². The maximum absolute atomic E-state index is 12.8. The number of unbranched alkanes of at least 4 members (excludes halogenated alkanes) is 14. The van der Waals surface area contributed by atoms with Crippen molar-refractivity contribution in [1.82, 2.24) is 0 Å². The first-order chi connectivity index (χ1) is 31.5. The highest BCUT2D eigenvalue weighted by atomic mass is 32.2. The molecule has 0 aromatic carbocycles. The largest absolute Gasteiger partial charge is 0.462 e. The summed E-state index contributed by atoms with van der Waals surface area (Å²) in [6.07, 6.45) is 44.9. The summed E-state index contributed by atoms with van der Waals surface area (Å²) in [6, 6.07) is 0. The van der Waals surface area contributed by atoms with Crippen molar-refractivity contribution in [3.05, 3.63) is 85.1 Å². The van der Waals surface area contributed by atoms with Crippen LogP contribution in [0.15, 0.2) is 85.1 Å². The number of hydrogen-bond donors (Lipinski definition) is 4. The normalized spacial score (nSPS) is 20.2. The average molecular weight is 935 g/mol. The van der Waals surface area contributed by atoms with E-state index in [2.05, 4.69) is 80.7 Å². The molecule has 1 heterocycles. The third-order valence-corrected chi connectivity index (χ3v) is 11.5. The molecule has 12 nitrogen and oxygen atoms in total. The standard InChI is InChI=1S/C52H86O12S/c1-3-5-7-9-11-13-15-17-19-21-23-25-27-29-31-33-35-37-39-41-48(54)63-45(43-62-52-51(57)50(56)49(55)46(64-52)44-65(58,59)60)42-61-47(53)40-38-36-34-32-30-28-26-24-22-20-18-16-14-12-10-8-6-4-2/h5,7,11,13,17,19-20,22-23,25,29,31,35,37,45-46,49-52,55-57H,3-4,6,8-10,12,14-16,18,21,24,26-28,30,32-34,36,38-44H2,1-2H3,(H,58,59,60)/b7-5-,13-11-,19-17-,22-20-,25-23-,31-29-,37-35-. The molecule has 1 aliphatic heterocycles. The number of carbonyl (C=O) groups excluding carboxylic acids is 2. The smallest absolute Gasteiger partial charge is 0.306 e. The summed E-state index contributed by atoms with van der Waals surface area (Å²) < 4.78 is 54.1. The van der Waals surface area contributed by atoms with Gasteiger partial charge in [-0.1, -0.05) is 170 Å². The molecule has 6 atom stereocenters. The van der Waals surface area contributed by atoms with E-state index in [4.69, 9.17) is 18.9 Å². The van der Waals surface area contributed by atoms with Crippen molar-refractivity contribution in [1.29, 1.82) is 0 Å². The third-order valence-electron chi connectivity index (χ3n) is 10.7. The summed E-state index contributed by atoms with van der Waals surface area (Å²) in [5, 5.41) is 30.9. The molecule has 0 radical (unpaired) electrons. The lowest BCUT2D eigenvalue weighted by atomic mass is 10.00. The van der Waals surface area contributed by atoms with Gasteiger partial charge in [-0.2, -0.15) is 8.42 Å². The second-order valence-electron chi connectivity index (χ2n) is 16.7. The Kier molecular flexibility index (Phi) is 37.8. The summed E-state index contributed by atoms with van der Waals surface area (Å²) >= 11 is 0. The maximum atomic E-state index is 12.8. The lowest BCUT2D eigenvalue weighted by Gasteiger charge is -2.40. The lowest BCUT2D eigenvalue weighted by Crippen LogP contribution is -2.60. The van der Waals surface area contributed by atoms with Crippen LogP contribution in [0.2, 0.25) is 0 Å². The van der Waals surface area contributed by atoms with Gasteiger partial charge in [-0.3, -0.25) is 14.1 Å². The van der Waals surface area contributed by atoms with Gasteiger partial charge in [0.15, 0.2) is 12.4 Å². The van der Waals surface area contributed by atoms with Gasteiger partial charge >= 0.3 is 11.9 Å². The van der Waals surface area contributed by atoms with Crippen LogP contribution >= 0.6 is 0 Å². The first kappa shape index (κ1) is 59.8. The molecule has 1 rings (SSSR count). The van der Waals surface area contributed by atoms with E-state index in [0.29, 0.717) is 19.3 Å². The van der Waals surface area contributed by atoms with Gasteiger partial charge < -0.3 is 34.3 Å². The van der Waals surface area contributed by atoms with Crippen LogP contribution in [0, 0.1) is 0 Å². The van der Waals surface area contributed by atoms with Gasteiger partial charge in [0.05, 0.1) is 6.61 Å². The van der Waals surface area contributed by atoms with Crippen LogP contribution in [0.25, 0.3) is 0 Å². The molecule has 0 aromatic rings. The van der Waals surface area contributed by atoms with E-state index in [1.807, 2.05) is 18.2 Å². The molecule has 1 saturated heterocycles. The molecule has 372 valence electrons. The summed E-state index contributed by atoms with van der Waals surface area (Å²) in [5.41, 5.74) is 0. The molecule has 1 aliphatic rings. The summed E-state index contributed by atoms with van der Waals surface area (Å²) in [4.78, 5) is 25.5. The average Bonchev–Trinajstić information content (AvgIpc) is 3.27. The second kappa shape index (κ2) is 41.1. The lowest BCUT2D eigenvalue weighted by molar-refractivity contribution is -0.297. The summed E-state index contributed by atoms with van der Waals surface area (Å²) in [7, 11) is -4.62. The van der Waals surface area contributed by atoms with Crippen LogP contribution in [0.5, 0.6) is 0 Å². The Bertz CT molecular complexity index is 1510. The number of esters is 2. The molecular weight excluding hydrogens is 849 g/mol. The number of rotatable bonds is 40. The van der Waals surface area contributed by atoms with Gasteiger partial charge in [-0.15, -0.1) is 0 Å². The van der Waals surface area contributed by atoms with E-state index >= 15 is 0 Å². The molecule has 13 heteroatoms. The number of aliphatic hydroxyl groups excluding tert-OH is 3. The molecule has 4 N–H and O–H groups in total. The third kappa shape index (κ3) is 35.7. The molecule has 0 aromatic heterocycles. The highest BCUT2D eigenvalue weighted by Crippen LogP contribution is 2.24. The molecule has 0 amide bonds. The fourth-order valence-corrected chi connectivity index (χ4v) is 7.62. The van der Waals surface area contributed by atoms with Gasteiger partial charge in [-0.05, 0) is 77.0 Å². The van der Waals surface area contributed by atoms with Crippen LogP contribution in [0.3, 0.4) is 0 Å². The van der Waals surface area contributed by atoms with Gasteiger partial charge in [0.1, 0.15) is 36.8 Å². The quantitative estimate of drug-likeness (QED) is 0.0197. The number of ether oxygens (including phenoxy) is 4. The minimum atomic E-state index is -4.62. The Balaban J connectivity index is 2.47. The van der Waals surface area contributed by atoms with Crippen molar-refractivity contribution in [2.24, 2.45) is 0 Å². The van der Waals surface area contributed by atoms with Crippen LogP contribution in [0.1, 0.15) is 174 Å². The second-order valence-corrected chi connectivity index (χ2v) is 18.2. The van der Waals surface area contributed by atoms with E-state index in [0.717, 1.165) is 64.2 Å². The summed E-state index contributed by atoms with van der Waals surface area (Å²) in [6.45, 7) is 3.58. The minimum Gasteiger partial charge on any atom is -0.462 e. The zero-order chi connectivity index (χ0) is 47.6. The van der Waals surface area contributed by atoms with Crippen molar-refractivity contribution < 1.29 is 56.8 Å². The van der Waals surface area contributed by atoms with Crippen molar-refractivity contribution in [3.63, 3.8) is 0 Å². The molecule has 0 aliphatic carbocycles. The molecule has 65 heavy (non-hydrogen) atoms. The zero-order valence-electron chi connectivity index (χ0n) is 39.8. The van der Waals surface area contributed by atoms with Crippen molar-refractivity contribution in [2.75, 3.05) is 19.0 Å². The molecule has 0 spiro atoms. The van der Waals surface area contributed by atoms with Crippen molar-refractivity contribution in [3.8, 4) is 0 Å².